The molecule has 0 aliphatic carbocycles. The molecular formula is C23H30N2O3S. The summed E-state index contributed by atoms with van der Waals surface area (Å²) < 4.78 is 27.9. The Bertz CT molecular complexity index is 926. The average Bonchev–Trinajstić information content (AvgIpc) is 3.14. The van der Waals surface area contributed by atoms with Crippen LogP contribution in [-0.4, -0.2) is 20.9 Å². The van der Waals surface area contributed by atoms with Gasteiger partial charge in [-0.15, -0.1) is 0 Å². The maximum atomic E-state index is 12.7. The zero-order valence-electron chi connectivity index (χ0n) is 17.1. The van der Waals surface area contributed by atoms with Crippen LogP contribution in [-0.2, 0) is 21.2 Å². The fraction of sp³-hybridized carbons (Fsp3) is 0.435. The lowest BCUT2D eigenvalue weighted by molar-refractivity contribution is -0.118. The highest BCUT2D eigenvalue weighted by molar-refractivity contribution is 7.92. The SMILES string of the molecule is CCCCCCCCC(=O)N1CCc2cc(S(=O)(=O)Nc3ccccc3)ccc21. The number of nitrogens with zero attached hydrogens (tertiary/aromatic N) is 1. The van der Waals surface area contributed by atoms with Gasteiger partial charge in [0.15, 0.2) is 0 Å². The number of rotatable bonds is 10. The fourth-order valence-electron chi connectivity index (χ4n) is 3.72. The van der Waals surface area contributed by atoms with Crippen molar-refractivity contribution in [2.75, 3.05) is 16.2 Å². The number of fused-ring (bicyclic) bond motifs is 1. The second-order valence-corrected chi connectivity index (χ2v) is 9.26. The van der Waals surface area contributed by atoms with Crippen LogP contribution in [0.25, 0.3) is 0 Å². The number of anilines is 2. The molecule has 0 bridgehead atoms. The maximum Gasteiger partial charge on any atom is 0.261 e. The van der Waals surface area contributed by atoms with Gasteiger partial charge in [0.2, 0.25) is 5.91 Å². The molecule has 2 aromatic rings. The molecule has 3 rings (SSSR count). The summed E-state index contributed by atoms with van der Waals surface area (Å²) in [7, 11) is -3.65. The number of benzene rings is 2. The fourth-order valence-corrected chi connectivity index (χ4v) is 4.82. The zero-order chi connectivity index (χ0) is 20.7. The van der Waals surface area contributed by atoms with Crippen molar-refractivity contribution in [1.29, 1.82) is 0 Å². The molecule has 6 heteroatoms. The van der Waals surface area contributed by atoms with Crippen molar-refractivity contribution >= 4 is 27.3 Å². The highest BCUT2D eigenvalue weighted by Crippen LogP contribution is 2.31. The summed E-state index contributed by atoms with van der Waals surface area (Å²) in [5.41, 5.74) is 2.29. The smallest absolute Gasteiger partial charge is 0.261 e. The molecule has 1 heterocycles. The molecule has 0 unspecified atom stereocenters. The third-order valence-electron chi connectivity index (χ3n) is 5.33. The number of nitrogens with one attached hydrogen (secondary N) is 1. The van der Waals surface area contributed by atoms with Gasteiger partial charge in [0.1, 0.15) is 0 Å². The van der Waals surface area contributed by atoms with Crippen molar-refractivity contribution in [3.8, 4) is 0 Å². The summed E-state index contributed by atoms with van der Waals surface area (Å²) >= 11 is 0. The number of para-hydroxylation sites is 1. The van der Waals surface area contributed by atoms with Gasteiger partial charge < -0.3 is 4.90 Å². The van der Waals surface area contributed by atoms with Crippen molar-refractivity contribution < 1.29 is 13.2 Å². The summed E-state index contributed by atoms with van der Waals surface area (Å²) in [5.74, 6) is 0.136. The lowest BCUT2D eigenvalue weighted by Crippen LogP contribution is -2.28. The van der Waals surface area contributed by atoms with Crippen LogP contribution in [0.3, 0.4) is 0 Å². The van der Waals surface area contributed by atoms with E-state index in [2.05, 4.69) is 11.6 Å². The van der Waals surface area contributed by atoms with Crippen LogP contribution in [0.1, 0.15) is 57.4 Å². The van der Waals surface area contributed by atoms with Crippen LogP contribution < -0.4 is 9.62 Å². The molecule has 2 aromatic carbocycles. The number of sulfonamides is 1. The van der Waals surface area contributed by atoms with Gasteiger partial charge in [-0.3, -0.25) is 9.52 Å². The molecule has 0 saturated heterocycles. The van der Waals surface area contributed by atoms with Gasteiger partial charge in [-0.1, -0.05) is 57.2 Å². The second kappa shape index (κ2) is 9.92. The Balaban J connectivity index is 1.61. The topological polar surface area (TPSA) is 66.5 Å². The summed E-state index contributed by atoms with van der Waals surface area (Å²) in [6, 6.07) is 13.9. The molecule has 1 aliphatic heterocycles. The molecule has 0 fully saturated rings. The molecule has 29 heavy (non-hydrogen) atoms. The third-order valence-corrected chi connectivity index (χ3v) is 6.71. The minimum Gasteiger partial charge on any atom is -0.312 e. The molecule has 1 aliphatic rings. The average molecular weight is 415 g/mol. The molecule has 0 aromatic heterocycles. The van der Waals surface area contributed by atoms with Gasteiger partial charge in [0.25, 0.3) is 10.0 Å². The summed E-state index contributed by atoms with van der Waals surface area (Å²) in [4.78, 5) is 14.7. The largest absolute Gasteiger partial charge is 0.312 e. The molecule has 156 valence electrons. The summed E-state index contributed by atoms with van der Waals surface area (Å²) in [6.07, 6.45) is 8.17. The molecule has 1 N–H and O–H groups in total. The van der Waals surface area contributed by atoms with Crippen LogP contribution in [0.2, 0.25) is 0 Å². The van der Waals surface area contributed by atoms with E-state index in [0.29, 0.717) is 25.1 Å². The highest BCUT2D eigenvalue weighted by Gasteiger charge is 2.26. The molecular weight excluding hydrogens is 384 g/mol. The molecule has 0 atom stereocenters. The quantitative estimate of drug-likeness (QED) is 0.548. The molecule has 1 amide bonds. The van der Waals surface area contributed by atoms with E-state index < -0.39 is 10.0 Å². The van der Waals surface area contributed by atoms with Gasteiger partial charge in [-0.05, 0) is 48.7 Å². The predicted molar refractivity (Wildman–Crippen MR) is 118 cm³/mol. The lowest BCUT2D eigenvalue weighted by atomic mass is 10.1. The van der Waals surface area contributed by atoms with E-state index in [0.717, 1.165) is 24.1 Å². The summed E-state index contributed by atoms with van der Waals surface area (Å²) in [6.45, 7) is 2.82. The normalized spacial score (nSPS) is 13.3. The van der Waals surface area contributed by atoms with Crippen molar-refractivity contribution in [2.45, 2.75) is 63.2 Å². The van der Waals surface area contributed by atoms with Crippen LogP contribution in [0, 0.1) is 0 Å². The number of carbonyl (C=O) groups excluding carboxylic acids is 1. The van der Waals surface area contributed by atoms with Crippen LogP contribution in [0.15, 0.2) is 53.4 Å². The van der Waals surface area contributed by atoms with E-state index in [1.54, 1.807) is 42.5 Å². The van der Waals surface area contributed by atoms with Crippen LogP contribution in [0.4, 0.5) is 11.4 Å². The van der Waals surface area contributed by atoms with Crippen molar-refractivity contribution in [1.82, 2.24) is 0 Å². The highest BCUT2D eigenvalue weighted by atomic mass is 32.2. The first kappa shape index (κ1) is 21.4. The first-order valence-corrected chi connectivity index (χ1v) is 12.0. The maximum absolute atomic E-state index is 12.7. The van der Waals surface area contributed by atoms with E-state index in [-0.39, 0.29) is 10.8 Å². The van der Waals surface area contributed by atoms with Crippen LogP contribution in [0.5, 0.6) is 0 Å². The van der Waals surface area contributed by atoms with E-state index in [1.165, 1.54) is 25.7 Å². The number of hydrogen-bond donors (Lipinski definition) is 1. The van der Waals surface area contributed by atoms with Gasteiger partial charge in [-0.2, -0.15) is 0 Å². The second-order valence-electron chi connectivity index (χ2n) is 7.58. The number of hydrogen-bond acceptors (Lipinski definition) is 3. The van der Waals surface area contributed by atoms with Gasteiger partial charge in [0.05, 0.1) is 4.90 Å². The minimum atomic E-state index is -3.65. The Hall–Kier alpha value is -2.34. The molecule has 5 nitrogen and oxygen atoms in total. The zero-order valence-corrected chi connectivity index (χ0v) is 17.9. The Morgan fingerprint density at radius 1 is 1.00 bits per heavy atom. The number of carbonyl (C=O) groups is 1. The number of unbranched alkanes of at least 4 members (excludes halogenated alkanes) is 5. The van der Waals surface area contributed by atoms with E-state index in [4.69, 9.17) is 0 Å². The van der Waals surface area contributed by atoms with Gasteiger partial charge in [0, 0.05) is 24.3 Å². The van der Waals surface area contributed by atoms with Gasteiger partial charge in [-0.25, -0.2) is 8.42 Å². The van der Waals surface area contributed by atoms with Gasteiger partial charge >= 0.3 is 0 Å². The minimum absolute atomic E-state index is 0.136. The lowest BCUT2D eigenvalue weighted by Gasteiger charge is -2.18. The Morgan fingerprint density at radius 2 is 1.72 bits per heavy atom. The molecule has 0 saturated carbocycles. The Labute approximate surface area is 174 Å². The van der Waals surface area contributed by atoms with E-state index in [1.807, 2.05) is 11.0 Å². The van der Waals surface area contributed by atoms with Crippen LogP contribution >= 0.6 is 0 Å². The van der Waals surface area contributed by atoms with E-state index >= 15 is 0 Å². The molecule has 0 radical (unpaired) electrons. The third kappa shape index (κ3) is 5.60. The first-order valence-electron chi connectivity index (χ1n) is 10.5. The predicted octanol–water partition coefficient (Wildman–Crippen LogP) is 5.13. The first-order chi connectivity index (χ1) is 14.0. The Morgan fingerprint density at radius 3 is 2.48 bits per heavy atom. The van der Waals surface area contributed by atoms with Crippen molar-refractivity contribution in [3.05, 3.63) is 54.1 Å². The van der Waals surface area contributed by atoms with Crippen molar-refractivity contribution in [3.63, 3.8) is 0 Å². The summed E-state index contributed by atoms with van der Waals surface area (Å²) in [5, 5.41) is 0. The Kier molecular flexibility index (Phi) is 7.31. The monoisotopic (exact) mass is 414 g/mol. The van der Waals surface area contributed by atoms with Crippen molar-refractivity contribution in [2.24, 2.45) is 0 Å². The molecule has 0 spiro atoms. The number of amides is 1. The standard InChI is InChI=1S/C23H30N2O3S/c1-2-3-4-5-6-10-13-23(26)25-17-16-19-18-21(14-15-22(19)25)29(27,28)24-20-11-8-7-9-12-20/h7-9,11-12,14-15,18,24H,2-6,10,13,16-17H2,1H3. The van der Waals surface area contributed by atoms with E-state index in [9.17, 15) is 13.2 Å².